The minimum Gasteiger partial charge on any atom is -0.446 e. The van der Waals surface area contributed by atoms with Gasteiger partial charge in [0.1, 0.15) is 6.10 Å². The summed E-state index contributed by atoms with van der Waals surface area (Å²) in [6.07, 6.45) is 4.96. The molecule has 0 bridgehead atoms. The molecule has 1 aliphatic heterocycles. The van der Waals surface area contributed by atoms with E-state index in [2.05, 4.69) is 6.92 Å². The SMILES string of the molecule is CC1CCN(C(=O)OC2CCC(O)CC2)CC1. The summed E-state index contributed by atoms with van der Waals surface area (Å²) in [5, 5.41) is 9.39. The lowest BCUT2D eigenvalue weighted by Crippen LogP contribution is -2.40. The number of hydrogen-bond donors (Lipinski definition) is 1. The van der Waals surface area contributed by atoms with Crippen LogP contribution in [0.4, 0.5) is 4.79 Å². The maximum Gasteiger partial charge on any atom is 0.410 e. The van der Waals surface area contributed by atoms with Crippen LogP contribution < -0.4 is 0 Å². The molecule has 98 valence electrons. The van der Waals surface area contributed by atoms with Gasteiger partial charge in [-0.3, -0.25) is 0 Å². The fourth-order valence-corrected chi connectivity index (χ4v) is 2.57. The maximum absolute atomic E-state index is 11.9. The maximum atomic E-state index is 11.9. The van der Waals surface area contributed by atoms with Crippen LogP contribution in [-0.4, -0.2) is 41.4 Å². The zero-order valence-electron chi connectivity index (χ0n) is 10.6. The predicted octanol–water partition coefficient (Wildman–Crippen LogP) is 2.16. The normalized spacial score (nSPS) is 31.3. The number of aliphatic hydroxyl groups excluding tert-OH is 1. The molecule has 0 radical (unpaired) electrons. The van der Waals surface area contributed by atoms with E-state index >= 15 is 0 Å². The minimum atomic E-state index is -0.194. The van der Waals surface area contributed by atoms with Crippen molar-refractivity contribution in [1.82, 2.24) is 4.90 Å². The average molecular weight is 241 g/mol. The number of amides is 1. The first-order valence-corrected chi connectivity index (χ1v) is 6.79. The quantitative estimate of drug-likeness (QED) is 0.765. The summed E-state index contributed by atoms with van der Waals surface area (Å²) < 4.78 is 5.49. The molecule has 0 unspecified atom stereocenters. The van der Waals surface area contributed by atoms with E-state index in [0.717, 1.165) is 57.5 Å². The molecule has 1 heterocycles. The van der Waals surface area contributed by atoms with Gasteiger partial charge in [0.15, 0.2) is 0 Å². The van der Waals surface area contributed by atoms with Gasteiger partial charge in [-0.2, -0.15) is 0 Å². The standard InChI is InChI=1S/C13H23NO3/c1-10-6-8-14(9-7-10)13(16)17-12-4-2-11(15)3-5-12/h10-12,15H,2-9H2,1H3. The lowest BCUT2D eigenvalue weighted by atomic mass is 9.95. The van der Waals surface area contributed by atoms with Crippen molar-refractivity contribution in [3.63, 3.8) is 0 Å². The van der Waals surface area contributed by atoms with Crippen molar-refractivity contribution in [3.8, 4) is 0 Å². The average Bonchev–Trinajstić information content (AvgIpc) is 2.33. The Kier molecular flexibility index (Phi) is 4.26. The van der Waals surface area contributed by atoms with E-state index in [-0.39, 0.29) is 18.3 Å². The highest BCUT2D eigenvalue weighted by Crippen LogP contribution is 2.23. The number of ether oxygens (including phenoxy) is 1. The lowest BCUT2D eigenvalue weighted by Gasteiger charge is -2.32. The second kappa shape index (κ2) is 5.71. The number of rotatable bonds is 1. The van der Waals surface area contributed by atoms with Crippen LogP contribution in [0.3, 0.4) is 0 Å². The van der Waals surface area contributed by atoms with Gasteiger partial charge in [-0.05, 0) is 44.4 Å². The minimum absolute atomic E-state index is 0.0187. The zero-order chi connectivity index (χ0) is 12.3. The first-order chi connectivity index (χ1) is 8.15. The highest BCUT2D eigenvalue weighted by atomic mass is 16.6. The van der Waals surface area contributed by atoms with E-state index in [4.69, 9.17) is 4.74 Å². The van der Waals surface area contributed by atoms with Crippen LogP contribution >= 0.6 is 0 Å². The topological polar surface area (TPSA) is 49.8 Å². The van der Waals surface area contributed by atoms with Crippen LogP contribution in [0.25, 0.3) is 0 Å². The summed E-state index contributed by atoms with van der Waals surface area (Å²) in [4.78, 5) is 13.7. The van der Waals surface area contributed by atoms with Crippen LogP contribution in [0.2, 0.25) is 0 Å². The van der Waals surface area contributed by atoms with Gasteiger partial charge in [0.2, 0.25) is 0 Å². The highest BCUT2D eigenvalue weighted by molar-refractivity contribution is 5.67. The highest BCUT2D eigenvalue weighted by Gasteiger charge is 2.26. The fourth-order valence-electron chi connectivity index (χ4n) is 2.57. The third-order valence-corrected chi connectivity index (χ3v) is 3.95. The number of aliphatic hydroxyl groups is 1. The van der Waals surface area contributed by atoms with Crippen molar-refractivity contribution in [1.29, 1.82) is 0 Å². The molecule has 0 aromatic heterocycles. The molecule has 1 saturated carbocycles. The summed E-state index contributed by atoms with van der Waals surface area (Å²) in [7, 11) is 0. The lowest BCUT2D eigenvalue weighted by molar-refractivity contribution is 0.0131. The van der Waals surface area contributed by atoms with E-state index in [1.54, 1.807) is 0 Å². The van der Waals surface area contributed by atoms with Gasteiger partial charge >= 0.3 is 6.09 Å². The molecule has 1 amide bonds. The van der Waals surface area contributed by atoms with Crippen LogP contribution in [0.15, 0.2) is 0 Å². The summed E-state index contributed by atoms with van der Waals surface area (Å²) in [6.45, 7) is 3.88. The number of carbonyl (C=O) groups excluding carboxylic acids is 1. The van der Waals surface area contributed by atoms with Crippen molar-refractivity contribution in [2.75, 3.05) is 13.1 Å². The Balaban J connectivity index is 1.73. The molecule has 0 aromatic rings. The molecule has 1 N–H and O–H groups in total. The Morgan fingerprint density at radius 3 is 2.29 bits per heavy atom. The van der Waals surface area contributed by atoms with Gasteiger partial charge in [-0.1, -0.05) is 6.92 Å². The Bertz CT molecular complexity index is 253. The van der Waals surface area contributed by atoms with Crippen molar-refractivity contribution in [2.24, 2.45) is 5.92 Å². The molecule has 4 nitrogen and oxygen atoms in total. The van der Waals surface area contributed by atoms with Gasteiger partial charge in [0.25, 0.3) is 0 Å². The molecule has 0 atom stereocenters. The van der Waals surface area contributed by atoms with Crippen LogP contribution in [0.5, 0.6) is 0 Å². The Morgan fingerprint density at radius 2 is 1.71 bits per heavy atom. The molecule has 17 heavy (non-hydrogen) atoms. The van der Waals surface area contributed by atoms with Crippen LogP contribution in [0.1, 0.15) is 45.4 Å². The molecule has 2 rings (SSSR count). The van der Waals surface area contributed by atoms with Gasteiger partial charge in [0.05, 0.1) is 6.10 Å². The first-order valence-electron chi connectivity index (χ1n) is 6.79. The van der Waals surface area contributed by atoms with E-state index in [1.165, 1.54) is 0 Å². The predicted molar refractivity (Wildman–Crippen MR) is 64.7 cm³/mol. The number of hydrogen-bond acceptors (Lipinski definition) is 3. The number of nitrogens with zero attached hydrogens (tertiary/aromatic N) is 1. The molecule has 2 aliphatic rings. The van der Waals surface area contributed by atoms with Crippen LogP contribution in [-0.2, 0) is 4.74 Å². The Hall–Kier alpha value is -0.770. The Labute approximate surface area is 103 Å². The number of piperidine rings is 1. The van der Waals surface area contributed by atoms with E-state index in [9.17, 15) is 9.90 Å². The first kappa shape index (κ1) is 12.7. The molecule has 2 fully saturated rings. The summed E-state index contributed by atoms with van der Waals surface area (Å²) in [6, 6.07) is 0. The molecule has 1 aliphatic carbocycles. The molecular formula is C13H23NO3. The van der Waals surface area contributed by atoms with Crippen LogP contribution in [0, 0.1) is 5.92 Å². The monoisotopic (exact) mass is 241 g/mol. The second-order valence-corrected chi connectivity index (χ2v) is 5.48. The van der Waals surface area contributed by atoms with Crippen molar-refractivity contribution < 1.29 is 14.6 Å². The van der Waals surface area contributed by atoms with Gasteiger partial charge in [-0.15, -0.1) is 0 Å². The summed E-state index contributed by atoms with van der Waals surface area (Å²) in [5.41, 5.74) is 0. The van der Waals surface area contributed by atoms with Crippen molar-refractivity contribution >= 4 is 6.09 Å². The van der Waals surface area contributed by atoms with Gasteiger partial charge < -0.3 is 14.7 Å². The van der Waals surface area contributed by atoms with Crippen molar-refractivity contribution in [3.05, 3.63) is 0 Å². The molecule has 0 spiro atoms. The summed E-state index contributed by atoms with van der Waals surface area (Å²) in [5.74, 6) is 0.726. The number of carbonyl (C=O) groups is 1. The summed E-state index contributed by atoms with van der Waals surface area (Å²) >= 11 is 0. The molecule has 4 heteroatoms. The molecule has 0 aromatic carbocycles. The third-order valence-electron chi connectivity index (χ3n) is 3.95. The van der Waals surface area contributed by atoms with E-state index in [1.807, 2.05) is 4.90 Å². The van der Waals surface area contributed by atoms with Gasteiger partial charge in [0, 0.05) is 13.1 Å². The van der Waals surface area contributed by atoms with E-state index < -0.39 is 0 Å². The largest absolute Gasteiger partial charge is 0.446 e. The Morgan fingerprint density at radius 1 is 1.12 bits per heavy atom. The van der Waals surface area contributed by atoms with E-state index in [0.29, 0.717) is 0 Å². The zero-order valence-corrected chi connectivity index (χ0v) is 10.6. The third kappa shape index (κ3) is 3.60. The smallest absolute Gasteiger partial charge is 0.410 e. The van der Waals surface area contributed by atoms with Crippen molar-refractivity contribution in [2.45, 2.75) is 57.7 Å². The number of likely N-dealkylation sites (tertiary alicyclic amines) is 1. The van der Waals surface area contributed by atoms with Gasteiger partial charge in [-0.25, -0.2) is 4.79 Å². The molecule has 1 saturated heterocycles. The second-order valence-electron chi connectivity index (χ2n) is 5.48. The fraction of sp³-hybridized carbons (Fsp3) is 0.923. The molecular weight excluding hydrogens is 218 g/mol.